The quantitative estimate of drug-likeness (QED) is 0.503. The van der Waals surface area contributed by atoms with Crippen LogP contribution >= 0.6 is 0 Å². The molecular weight excluding hydrogens is 220 g/mol. The predicted molar refractivity (Wildman–Crippen MR) is 83.2 cm³/mol. The van der Waals surface area contributed by atoms with E-state index in [-0.39, 0.29) is 0 Å². The highest BCUT2D eigenvalue weighted by atomic mass is 15.1. The molecule has 0 aromatic rings. The summed E-state index contributed by atoms with van der Waals surface area (Å²) in [6.07, 6.45) is 9.85. The Morgan fingerprint density at radius 2 is 1.50 bits per heavy atom. The lowest BCUT2D eigenvalue weighted by Gasteiger charge is -2.17. The maximum atomic E-state index is 3.50. The molecule has 0 aromatic carbocycles. The van der Waals surface area contributed by atoms with E-state index in [2.05, 4.69) is 38.0 Å². The fourth-order valence-electron chi connectivity index (χ4n) is 2.11. The Morgan fingerprint density at radius 3 is 2.11 bits per heavy atom. The van der Waals surface area contributed by atoms with Gasteiger partial charge in [0.25, 0.3) is 0 Å². The molecule has 0 amide bonds. The van der Waals surface area contributed by atoms with Crippen LogP contribution in [0.3, 0.4) is 0 Å². The molecular formula is C16H36N2. The van der Waals surface area contributed by atoms with E-state index in [1.807, 2.05) is 0 Å². The number of nitrogens with one attached hydrogen (secondary N) is 1. The minimum Gasteiger partial charge on any atom is -0.315 e. The van der Waals surface area contributed by atoms with E-state index in [1.165, 1.54) is 58.0 Å². The van der Waals surface area contributed by atoms with Gasteiger partial charge in [0, 0.05) is 13.1 Å². The van der Waals surface area contributed by atoms with Crippen LogP contribution in [0.25, 0.3) is 0 Å². The van der Waals surface area contributed by atoms with E-state index in [0.29, 0.717) is 0 Å². The minimum atomic E-state index is 0.762. The Hall–Kier alpha value is -0.0800. The van der Waals surface area contributed by atoms with Crippen LogP contribution < -0.4 is 5.32 Å². The van der Waals surface area contributed by atoms with Crippen molar-refractivity contribution in [2.75, 3.05) is 33.2 Å². The molecule has 1 N–H and O–H groups in total. The van der Waals surface area contributed by atoms with Crippen molar-refractivity contribution >= 4 is 0 Å². The van der Waals surface area contributed by atoms with E-state index in [1.54, 1.807) is 0 Å². The molecule has 0 saturated heterocycles. The molecule has 0 aliphatic rings. The van der Waals surface area contributed by atoms with Crippen molar-refractivity contribution in [3.8, 4) is 0 Å². The molecule has 0 bridgehead atoms. The lowest BCUT2D eigenvalue weighted by molar-refractivity contribution is 0.319. The van der Waals surface area contributed by atoms with Gasteiger partial charge in [-0.05, 0) is 32.5 Å². The van der Waals surface area contributed by atoms with Crippen LogP contribution in [0.2, 0.25) is 0 Å². The Balaban J connectivity index is 3.14. The minimum absolute atomic E-state index is 0.762. The number of hydrogen-bond acceptors (Lipinski definition) is 2. The highest BCUT2D eigenvalue weighted by Crippen LogP contribution is 2.07. The maximum absolute atomic E-state index is 3.50. The molecule has 0 aliphatic heterocycles. The fraction of sp³-hybridized carbons (Fsp3) is 1.00. The van der Waals surface area contributed by atoms with Crippen molar-refractivity contribution in [1.29, 1.82) is 0 Å². The van der Waals surface area contributed by atoms with Gasteiger partial charge < -0.3 is 10.2 Å². The Morgan fingerprint density at radius 1 is 0.889 bits per heavy atom. The van der Waals surface area contributed by atoms with Gasteiger partial charge in [0.1, 0.15) is 0 Å². The van der Waals surface area contributed by atoms with Gasteiger partial charge in [-0.1, -0.05) is 59.3 Å². The summed E-state index contributed by atoms with van der Waals surface area (Å²) in [5.74, 6) is 0.762. The third kappa shape index (κ3) is 14.0. The van der Waals surface area contributed by atoms with E-state index in [4.69, 9.17) is 0 Å². The molecule has 110 valence electrons. The zero-order chi connectivity index (χ0) is 13.6. The van der Waals surface area contributed by atoms with Gasteiger partial charge in [-0.2, -0.15) is 0 Å². The summed E-state index contributed by atoms with van der Waals surface area (Å²) in [7, 11) is 2.24. The van der Waals surface area contributed by atoms with E-state index < -0.39 is 0 Å². The van der Waals surface area contributed by atoms with Gasteiger partial charge >= 0.3 is 0 Å². The van der Waals surface area contributed by atoms with Gasteiger partial charge in [-0.25, -0.2) is 0 Å². The first-order valence-electron chi connectivity index (χ1n) is 8.06. The highest BCUT2D eigenvalue weighted by Gasteiger charge is 1.98. The van der Waals surface area contributed by atoms with E-state index >= 15 is 0 Å². The Bertz CT molecular complexity index is 157. The summed E-state index contributed by atoms with van der Waals surface area (Å²) in [6, 6.07) is 0. The van der Waals surface area contributed by atoms with Crippen LogP contribution in [0.1, 0.15) is 65.7 Å². The molecule has 0 unspecified atom stereocenters. The van der Waals surface area contributed by atoms with Crippen LogP contribution in [-0.2, 0) is 0 Å². The van der Waals surface area contributed by atoms with Gasteiger partial charge in [-0.15, -0.1) is 0 Å². The summed E-state index contributed by atoms with van der Waals surface area (Å²) in [5.41, 5.74) is 0. The van der Waals surface area contributed by atoms with Crippen LogP contribution in [0.15, 0.2) is 0 Å². The molecule has 2 nitrogen and oxygen atoms in total. The van der Waals surface area contributed by atoms with Gasteiger partial charge in [0.05, 0.1) is 0 Å². The molecule has 0 fully saturated rings. The van der Waals surface area contributed by atoms with Gasteiger partial charge in [-0.3, -0.25) is 0 Å². The number of rotatable bonds is 13. The molecule has 0 rings (SSSR count). The van der Waals surface area contributed by atoms with Crippen LogP contribution in [0.4, 0.5) is 0 Å². The first kappa shape index (κ1) is 17.9. The molecule has 0 aliphatic carbocycles. The average molecular weight is 256 g/mol. The van der Waals surface area contributed by atoms with Gasteiger partial charge in [0.2, 0.25) is 0 Å². The zero-order valence-corrected chi connectivity index (χ0v) is 13.3. The van der Waals surface area contributed by atoms with Crippen molar-refractivity contribution < 1.29 is 0 Å². The SMILES string of the molecule is CCCCCCCCCN(C)CCNCC(C)C. The number of nitrogens with zero attached hydrogens (tertiary/aromatic N) is 1. The molecule has 0 saturated carbocycles. The first-order chi connectivity index (χ1) is 8.66. The summed E-state index contributed by atoms with van der Waals surface area (Å²) >= 11 is 0. The Kier molecular flexibility index (Phi) is 13.3. The predicted octanol–water partition coefficient (Wildman–Crippen LogP) is 3.91. The second-order valence-electron chi connectivity index (χ2n) is 6.02. The number of likely N-dealkylation sites (N-methyl/N-ethyl adjacent to an activating group) is 1. The zero-order valence-electron chi connectivity index (χ0n) is 13.3. The molecule has 0 aromatic heterocycles. The molecule has 0 atom stereocenters. The molecule has 0 radical (unpaired) electrons. The smallest absolute Gasteiger partial charge is 0.0104 e. The third-order valence-corrected chi connectivity index (χ3v) is 3.37. The molecule has 18 heavy (non-hydrogen) atoms. The van der Waals surface area contributed by atoms with Gasteiger partial charge in [0.15, 0.2) is 0 Å². The van der Waals surface area contributed by atoms with Crippen molar-refractivity contribution in [3.05, 3.63) is 0 Å². The van der Waals surface area contributed by atoms with Crippen LogP contribution in [-0.4, -0.2) is 38.1 Å². The molecule has 0 spiro atoms. The highest BCUT2D eigenvalue weighted by molar-refractivity contribution is 4.57. The molecule has 2 heteroatoms. The fourth-order valence-corrected chi connectivity index (χ4v) is 2.11. The lowest BCUT2D eigenvalue weighted by Crippen LogP contribution is -2.31. The summed E-state index contributed by atoms with van der Waals surface area (Å²) in [5, 5.41) is 3.50. The second kappa shape index (κ2) is 13.4. The average Bonchev–Trinajstić information content (AvgIpc) is 2.33. The Labute approximate surface area is 116 Å². The van der Waals surface area contributed by atoms with Crippen LogP contribution in [0.5, 0.6) is 0 Å². The maximum Gasteiger partial charge on any atom is 0.0104 e. The monoisotopic (exact) mass is 256 g/mol. The van der Waals surface area contributed by atoms with E-state index in [0.717, 1.165) is 19.0 Å². The standard InChI is InChI=1S/C16H36N2/c1-5-6-7-8-9-10-11-13-18(4)14-12-17-15-16(2)3/h16-17H,5-15H2,1-4H3. The summed E-state index contributed by atoms with van der Waals surface area (Å²) < 4.78 is 0. The lowest BCUT2D eigenvalue weighted by atomic mass is 10.1. The van der Waals surface area contributed by atoms with E-state index in [9.17, 15) is 0 Å². The first-order valence-corrected chi connectivity index (χ1v) is 8.06. The van der Waals surface area contributed by atoms with Crippen molar-refractivity contribution in [3.63, 3.8) is 0 Å². The van der Waals surface area contributed by atoms with Crippen molar-refractivity contribution in [2.24, 2.45) is 5.92 Å². The van der Waals surface area contributed by atoms with Crippen molar-refractivity contribution in [1.82, 2.24) is 10.2 Å². The molecule has 0 heterocycles. The largest absolute Gasteiger partial charge is 0.315 e. The second-order valence-corrected chi connectivity index (χ2v) is 6.02. The number of hydrogen-bond donors (Lipinski definition) is 1. The summed E-state index contributed by atoms with van der Waals surface area (Å²) in [4.78, 5) is 2.46. The summed E-state index contributed by atoms with van der Waals surface area (Å²) in [6.45, 7) is 11.5. The topological polar surface area (TPSA) is 15.3 Å². The normalized spacial score (nSPS) is 11.7. The third-order valence-electron chi connectivity index (χ3n) is 3.37. The number of unbranched alkanes of at least 4 members (excludes halogenated alkanes) is 6. The van der Waals surface area contributed by atoms with Crippen LogP contribution in [0, 0.1) is 5.92 Å². The van der Waals surface area contributed by atoms with Crippen molar-refractivity contribution in [2.45, 2.75) is 65.7 Å².